The Morgan fingerprint density at radius 2 is 1.71 bits per heavy atom. The largest absolute Gasteiger partial charge is 0.493 e. The highest BCUT2D eigenvalue weighted by Crippen LogP contribution is 2.44. The number of carbonyl (C=O) groups excluding carboxylic acids is 1. The average Bonchev–Trinajstić information content (AvgIpc) is 2.84. The third-order valence-corrected chi connectivity index (χ3v) is 6.40. The molecular formula is C28H31ClN2O4. The minimum Gasteiger partial charge on any atom is -0.493 e. The minimum absolute atomic E-state index is 0.0125. The Morgan fingerprint density at radius 1 is 1.03 bits per heavy atom. The molecule has 0 N–H and O–H groups in total. The van der Waals surface area contributed by atoms with Crippen molar-refractivity contribution >= 4 is 28.9 Å². The average molecular weight is 495 g/mol. The van der Waals surface area contributed by atoms with Gasteiger partial charge in [0.25, 0.3) is 0 Å². The lowest BCUT2D eigenvalue weighted by atomic mass is 9.86. The van der Waals surface area contributed by atoms with Gasteiger partial charge >= 0.3 is 0 Å². The van der Waals surface area contributed by atoms with Crippen molar-refractivity contribution in [1.82, 2.24) is 0 Å². The highest BCUT2D eigenvalue weighted by Gasteiger charge is 2.36. The van der Waals surface area contributed by atoms with Crippen LogP contribution < -0.4 is 19.3 Å². The fraction of sp³-hybridized carbons (Fsp3) is 0.321. The van der Waals surface area contributed by atoms with E-state index < -0.39 is 0 Å². The summed E-state index contributed by atoms with van der Waals surface area (Å²) in [4.78, 5) is 17.5. The first kappa shape index (κ1) is 24.9. The molecule has 6 nitrogen and oxygen atoms in total. The molecule has 2 atom stereocenters. The van der Waals surface area contributed by atoms with E-state index in [-0.39, 0.29) is 24.5 Å². The summed E-state index contributed by atoms with van der Waals surface area (Å²) in [5.41, 5.74) is 4.76. The molecule has 1 unspecified atom stereocenters. The van der Waals surface area contributed by atoms with Crippen LogP contribution in [0.5, 0.6) is 11.5 Å². The first-order valence-electron chi connectivity index (χ1n) is 11.5. The molecule has 184 valence electrons. The van der Waals surface area contributed by atoms with Gasteiger partial charge in [0.1, 0.15) is 6.10 Å². The van der Waals surface area contributed by atoms with Crippen LogP contribution in [0.4, 0.5) is 11.4 Å². The molecule has 4 rings (SSSR count). The van der Waals surface area contributed by atoms with Crippen molar-refractivity contribution in [3.63, 3.8) is 0 Å². The van der Waals surface area contributed by atoms with Gasteiger partial charge in [-0.2, -0.15) is 0 Å². The molecular weight excluding hydrogens is 464 g/mol. The summed E-state index contributed by atoms with van der Waals surface area (Å²) >= 11 is 6.20. The highest BCUT2D eigenvalue weighted by atomic mass is 35.5. The summed E-state index contributed by atoms with van der Waals surface area (Å²) in [5.74, 6) is 1.23. The maximum atomic E-state index is 13.6. The summed E-state index contributed by atoms with van der Waals surface area (Å²) in [7, 11) is 7.24. The number of methoxy groups -OCH3 is 2. The van der Waals surface area contributed by atoms with Gasteiger partial charge in [0.2, 0.25) is 5.91 Å². The molecule has 1 heterocycles. The SMILES string of the molecule is COC[C@@H](C)Oc1cc2c(cc1OC)CC(=O)N(c1ccc(N(C)C)cc1)C2c1ccc(Cl)cc1. The van der Waals surface area contributed by atoms with E-state index in [1.165, 1.54) is 0 Å². The number of amides is 1. The number of hydrogen-bond acceptors (Lipinski definition) is 5. The molecule has 1 aliphatic heterocycles. The predicted molar refractivity (Wildman–Crippen MR) is 140 cm³/mol. The highest BCUT2D eigenvalue weighted by molar-refractivity contribution is 6.30. The summed E-state index contributed by atoms with van der Waals surface area (Å²) in [6.07, 6.45) is 0.0971. The molecule has 0 fully saturated rings. The van der Waals surface area contributed by atoms with Crippen molar-refractivity contribution in [3.05, 3.63) is 82.4 Å². The number of halogens is 1. The third-order valence-electron chi connectivity index (χ3n) is 6.15. The molecule has 0 bridgehead atoms. The smallest absolute Gasteiger partial charge is 0.232 e. The van der Waals surface area contributed by atoms with Gasteiger partial charge < -0.3 is 24.0 Å². The Bertz CT molecular complexity index is 1180. The lowest BCUT2D eigenvalue weighted by molar-refractivity contribution is -0.118. The van der Waals surface area contributed by atoms with Crippen molar-refractivity contribution in [2.24, 2.45) is 0 Å². The van der Waals surface area contributed by atoms with E-state index in [9.17, 15) is 4.79 Å². The van der Waals surface area contributed by atoms with Crippen molar-refractivity contribution < 1.29 is 19.0 Å². The fourth-order valence-electron chi connectivity index (χ4n) is 4.47. The van der Waals surface area contributed by atoms with E-state index in [4.69, 9.17) is 25.8 Å². The third kappa shape index (κ3) is 5.24. The minimum atomic E-state index is -0.347. The van der Waals surface area contributed by atoms with Gasteiger partial charge in [-0.05, 0) is 72.1 Å². The van der Waals surface area contributed by atoms with E-state index >= 15 is 0 Å². The number of nitrogens with zero attached hydrogens (tertiary/aromatic N) is 2. The summed E-state index contributed by atoms with van der Waals surface area (Å²) in [5, 5.41) is 0.644. The van der Waals surface area contributed by atoms with Gasteiger partial charge in [-0.15, -0.1) is 0 Å². The normalized spacial score (nSPS) is 16.0. The van der Waals surface area contributed by atoms with Crippen LogP contribution in [0.15, 0.2) is 60.7 Å². The van der Waals surface area contributed by atoms with Crippen LogP contribution in [0, 0.1) is 0 Å². The van der Waals surface area contributed by atoms with Crippen molar-refractivity contribution in [3.8, 4) is 11.5 Å². The Labute approximate surface area is 212 Å². The van der Waals surface area contributed by atoms with Gasteiger partial charge in [-0.1, -0.05) is 23.7 Å². The molecule has 0 radical (unpaired) electrons. The van der Waals surface area contributed by atoms with Crippen LogP contribution in [0.2, 0.25) is 5.02 Å². The maximum absolute atomic E-state index is 13.6. The molecule has 0 saturated carbocycles. The van der Waals surface area contributed by atoms with E-state index in [0.717, 1.165) is 28.1 Å². The van der Waals surface area contributed by atoms with E-state index in [1.54, 1.807) is 14.2 Å². The van der Waals surface area contributed by atoms with Crippen molar-refractivity contribution in [2.75, 3.05) is 44.7 Å². The molecule has 3 aromatic rings. The molecule has 7 heteroatoms. The molecule has 3 aromatic carbocycles. The molecule has 0 saturated heterocycles. The van der Waals surface area contributed by atoms with Gasteiger partial charge in [-0.25, -0.2) is 0 Å². The molecule has 0 aliphatic carbocycles. The summed E-state index contributed by atoms with van der Waals surface area (Å²) in [6.45, 7) is 2.39. The molecule has 1 amide bonds. The number of benzene rings is 3. The second-order valence-electron chi connectivity index (χ2n) is 8.89. The van der Waals surface area contributed by atoms with Crippen molar-refractivity contribution in [1.29, 1.82) is 0 Å². The van der Waals surface area contributed by atoms with Gasteiger partial charge in [0.15, 0.2) is 11.5 Å². The Kier molecular flexibility index (Phi) is 7.53. The van der Waals surface area contributed by atoms with Gasteiger partial charge in [-0.3, -0.25) is 4.79 Å². The topological polar surface area (TPSA) is 51.2 Å². The Hall–Kier alpha value is -3.22. The second-order valence-corrected chi connectivity index (χ2v) is 9.33. The number of anilines is 2. The summed E-state index contributed by atoms with van der Waals surface area (Å²) < 4.78 is 17.0. The predicted octanol–water partition coefficient (Wildman–Crippen LogP) is 5.51. The van der Waals surface area contributed by atoms with Crippen molar-refractivity contribution in [2.45, 2.75) is 25.5 Å². The lowest BCUT2D eigenvalue weighted by Crippen LogP contribution is -2.41. The van der Waals surface area contributed by atoms with Crippen LogP contribution in [-0.2, 0) is 16.0 Å². The van der Waals surface area contributed by atoms with Crippen LogP contribution in [0.1, 0.15) is 29.7 Å². The van der Waals surface area contributed by atoms with Crippen LogP contribution in [0.3, 0.4) is 0 Å². The van der Waals surface area contributed by atoms with Crippen LogP contribution in [0.25, 0.3) is 0 Å². The number of carbonyl (C=O) groups is 1. The second kappa shape index (κ2) is 10.6. The quantitative estimate of drug-likeness (QED) is 0.413. The molecule has 0 aromatic heterocycles. The molecule has 0 spiro atoms. The van der Waals surface area contributed by atoms with Gasteiger partial charge in [0.05, 0.1) is 26.2 Å². The zero-order valence-electron chi connectivity index (χ0n) is 20.7. The number of ether oxygens (including phenoxy) is 3. The molecule has 35 heavy (non-hydrogen) atoms. The Morgan fingerprint density at radius 3 is 2.31 bits per heavy atom. The zero-order valence-corrected chi connectivity index (χ0v) is 21.5. The standard InChI is InChI=1S/C28H31ClN2O4/c1-18(17-33-4)35-26-16-24-20(14-25(26)34-5)15-27(32)31(23-12-10-22(11-13-23)30(2)3)28(24)19-6-8-21(29)9-7-19/h6-14,16,18,28H,15,17H2,1-5H3/t18-,28?/m1/s1. The van der Waals surface area contributed by atoms with E-state index in [1.807, 2.05) is 91.5 Å². The Balaban J connectivity index is 1.86. The number of rotatable bonds is 8. The maximum Gasteiger partial charge on any atom is 0.232 e. The summed E-state index contributed by atoms with van der Waals surface area (Å²) in [6, 6.07) is 19.2. The fourth-order valence-corrected chi connectivity index (χ4v) is 4.60. The van der Waals surface area contributed by atoms with E-state index in [0.29, 0.717) is 23.1 Å². The zero-order chi connectivity index (χ0) is 25.1. The number of hydrogen-bond donors (Lipinski definition) is 0. The first-order valence-corrected chi connectivity index (χ1v) is 11.9. The molecule has 1 aliphatic rings. The monoisotopic (exact) mass is 494 g/mol. The van der Waals surface area contributed by atoms with E-state index in [2.05, 4.69) is 0 Å². The first-order chi connectivity index (χ1) is 16.8. The number of fused-ring (bicyclic) bond motifs is 1. The lowest BCUT2D eigenvalue weighted by Gasteiger charge is -2.38. The van der Waals surface area contributed by atoms with Crippen LogP contribution >= 0.6 is 11.6 Å². The van der Waals surface area contributed by atoms with Gasteiger partial charge in [0, 0.05) is 37.6 Å². The van der Waals surface area contributed by atoms with Crippen LogP contribution in [-0.4, -0.2) is 46.9 Å².